The van der Waals surface area contributed by atoms with E-state index in [0.29, 0.717) is 17.7 Å². The third-order valence-corrected chi connectivity index (χ3v) is 3.83. The van der Waals surface area contributed by atoms with Gasteiger partial charge in [0.15, 0.2) is 0 Å². The van der Waals surface area contributed by atoms with Crippen LogP contribution in [0.3, 0.4) is 0 Å². The SMILES string of the molecule is CSC(=O)c1ccccc1Cc1ccc(OC(=O)C(C)=O)cc1. The van der Waals surface area contributed by atoms with Crippen LogP contribution in [0.15, 0.2) is 48.5 Å². The lowest BCUT2D eigenvalue weighted by molar-refractivity contribution is -0.146. The minimum atomic E-state index is -0.881. The molecule has 5 heteroatoms. The molecule has 0 aromatic heterocycles. The van der Waals surface area contributed by atoms with E-state index in [1.54, 1.807) is 18.4 Å². The first-order chi connectivity index (χ1) is 11.0. The standard InChI is InChI=1S/C18H16O4S/c1-12(19)17(20)22-15-9-7-13(8-10-15)11-14-5-3-4-6-16(14)18(21)23-2/h3-10H,11H2,1-2H3. The highest BCUT2D eigenvalue weighted by Crippen LogP contribution is 2.20. The highest BCUT2D eigenvalue weighted by Gasteiger charge is 2.12. The number of esters is 1. The zero-order valence-electron chi connectivity index (χ0n) is 12.9. The number of hydrogen-bond donors (Lipinski definition) is 0. The molecule has 0 aliphatic rings. The van der Waals surface area contributed by atoms with Crippen LogP contribution >= 0.6 is 11.8 Å². The number of hydrogen-bond acceptors (Lipinski definition) is 5. The summed E-state index contributed by atoms with van der Waals surface area (Å²) in [6.07, 6.45) is 2.36. The summed E-state index contributed by atoms with van der Waals surface area (Å²) in [4.78, 5) is 34.0. The monoisotopic (exact) mass is 328 g/mol. The van der Waals surface area contributed by atoms with Crippen LogP contribution in [0.1, 0.15) is 28.4 Å². The smallest absolute Gasteiger partial charge is 0.379 e. The van der Waals surface area contributed by atoms with E-state index in [4.69, 9.17) is 4.74 Å². The van der Waals surface area contributed by atoms with Crippen molar-refractivity contribution >= 4 is 28.6 Å². The van der Waals surface area contributed by atoms with Crippen molar-refractivity contribution in [3.8, 4) is 5.75 Å². The largest absolute Gasteiger partial charge is 0.421 e. The van der Waals surface area contributed by atoms with E-state index in [9.17, 15) is 14.4 Å². The van der Waals surface area contributed by atoms with E-state index in [1.165, 1.54) is 11.8 Å². The van der Waals surface area contributed by atoms with Crippen molar-refractivity contribution in [3.63, 3.8) is 0 Å². The number of ketones is 1. The summed E-state index contributed by atoms with van der Waals surface area (Å²) in [6.45, 7) is 1.16. The van der Waals surface area contributed by atoms with E-state index in [1.807, 2.05) is 36.4 Å². The molecule has 2 aromatic carbocycles. The van der Waals surface area contributed by atoms with Gasteiger partial charge in [-0.15, -0.1) is 0 Å². The van der Waals surface area contributed by atoms with Crippen molar-refractivity contribution in [2.24, 2.45) is 0 Å². The second kappa shape index (κ2) is 7.74. The van der Waals surface area contributed by atoms with Crippen molar-refractivity contribution in [2.45, 2.75) is 13.3 Å². The Balaban J connectivity index is 2.14. The number of rotatable bonds is 5. The Morgan fingerprint density at radius 3 is 2.26 bits per heavy atom. The Morgan fingerprint density at radius 2 is 1.65 bits per heavy atom. The second-order valence-corrected chi connectivity index (χ2v) is 5.69. The predicted molar refractivity (Wildman–Crippen MR) is 89.9 cm³/mol. The molecular weight excluding hydrogens is 312 g/mol. The summed E-state index contributed by atoms with van der Waals surface area (Å²) in [5.74, 6) is -1.20. The molecule has 0 aliphatic heterocycles. The molecule has 0 spiro atoms. The third kappa shape index (κ3) is 4.53. The zero-order chi connectivity index (χ0) is 16.8. The van der Waals surface area contributed by atoms with Crippen LogP contribution in [0.25, 0.3) is 0 Å². The molecule has 0 bridgehead atoms. The molecule has 0 unspecified atom stereocenters. The topological polar surface area (TPSA) is 60.4 Å². The summed E-state index contributed by atoms with van der Waals surface area (Å²) < 4.78 is 4.91. The summed E-state index contributed by atoms with van der Waals surface area (Å²) in [5, 5.41) is 0.0348. The van der Waals surface area contributed by atoms with E-state index in [-0.39, 0.29) is 5.12 Å². The van der Waals surface area contributed by atoms with Gasteiger partial charge in [0.1, 0.15) is 5.75 Å². The van der Waals surface area contributed by atoms with Gasteiger partial charge in [-0.1, -0.05) is 48.2 Å². The van der Waals surface area contributed by atoms with Crippen LogP contribution in [-0.4, -0.2) is 23.1 Å². The Hall–Kier alpha value is -2.40. The Morgan fingerprint density at radius 1 is 1.00 bits per heavy atom. The van der Waals surface area contributed by atoms with Gasteiger partial charge in [0.2, 0.25) is 10.9 Å². The number of carbonyl (C=O) groups excluding carboxylic acids is 3. The molecule has 0 heterocycles. The van der Waals surface area contributed by atoms with E-state index < -0.39 is 11.8 Å². The molecule has 0 radical (unpaired) electrons. The van der Waals surface area contributed by atoms with Gasteiger partial charge in [0.05, 0.1) is 0 Å². The van der Waals surface area contributed by atoms with Crippen LogP contribution < -0.4 is 4.74 Å². The van der Waals surface area contributed by atoms with Crippen LogP contribution in [0.2, 0.25) is 0 Å². The molecule has 0 aliphatic carbocycles. The molecule has 4 nitrogen and oxygen atoms in total. The van der Waals surface area contributed by atoms with Crippen molar-refractivity contribution in [3.05, 3.63) is 65.2 Å². The van der Waals surface area contributed by atoms with E-state index in [0.717, 1.165) is 18.1 Å². The summed E-state index contributed by atoms with van der Waals surface area (Å²) in [7, 11) is 0. The van der Waals surface area contributed by atoms with Gasteiger partial charge >= 0.3 is 5.97 Å². The van der Waals surface area contributed by atoms with Crippen LogP contribution in [-0.2, 0) is 16.0 Å². The number of ether oxygens (including phenoxy) is 1. The maximum Gasteiger partial charge on any atom is 0.379 e. The van der Waals surface area contributed by atoms with E-state index in [2.05, 4.69) is 0 Å². The first kappa shape index (κ1) is 17.0. The molecule has 2 rings (SSSR count). The maximum absolute atomic E-state index is 11.9. The lowest BCUT2D eigenvalue weighted by Gasteiger charge is -2.08. The molecule has 2 aromatic rings. The van der Waals surface area contributed by atoms with Crippen molar-refractivity contribution in [2.75, 3.05) is 6.26 Å². The molecule has 0 saturated carbocycles. The number of Topliss-reactive ketones (excluding diaryl/α,β-unsaturated/α-hetero) is 1. The lowest BCUT2D eigenvalue weighted by atomic mass is 10.0. The molecular formula is C18H16O4S. The summed E-state index contributed by atoms with van der Waals surface area (Å²) in [6, 6.07) is 14.4. The third-order valence-electron chi connectivity index (χ3n) is 3.24. The average Bonchev–Trinajstić information content (AvgIpc) is 2.56. The minimum Gasteiger partial charge on any atom is -0.421 e. The maximum atomic E-state index is 11.9. The van der Waals surface area contributed by atoms with Crippen LogP contribution in [0, 0.1) is 0 Å². The Kier molecular flexibility index (Phi) is 5.71. The second-order valence-electron chi connectivity index (χ2n) is 4.92. The Bertz CT molecular complexity index is 735. The van der Waals surface area contributed by atoms with Gasteiger partial charge in [0, 0.05) is 12.5 Å². The van der Waals surface area contributed by atoms with Crippen molar-refractivity contribution < 1.29 is 19.1 Å². The van der Waals surface area contributed by atoms with E-state index >= 15 is 0 Å². The normalized spacial score (nSPS) is 10.2. The van der Waals surface area contributed by atoms with Crippen molar-refractivity contribution in [1.29, 1.82) is 0 Å². The van der Waals surface area contributed by atoms with Crippen LogP contribution in [0.4, 0.5) is 0 Å². The first-order valence-electron chi connectivity index (χ1n) is 6.99. The fourth-order valence-electron chi connectivity index (χ4n) is 2.06. The van der Waals surface area contributed by atoms with Gasteiger partial charge < -0.3 is 4.74 Å². The van der Waals surface area contributed by atoms with Gasteiger partial charge in [-0.3, -0.25) is 9.59 Å². The van der Waals surface area contributed by atoms with Gasteiger partial charge in [-0.25, -0.2) is 4.79 Å². The molecule has 0 saturated heterocycles. The number of benzene rings is 2. The Labute approximate surface area is 138 Å². The number of carbonyl (C=O) groups is 3. The molecule has 0 amide bonds. The molecule has 0 atom stereocenters. The van der Waals surface area contributed by atoms with Gasteiger partial charge in [-0.05, 0) is 35.9 Å². The zero-order valence-corrected chi connectivity index (χ0v) is 13.7. The fraction of sp³-hybridized carbons (Fsp3) is 0.167. The lowest BCUT2D eigenvalue weighted by Crippen LogP contribution is -2.16. The predicted octanol–water partition coefficient (Wildman–Crippen LogP) is 3.28. The molecule has 23 heavy (non-hydrogen) atoms. The highest BCUT2D eigenvalue weighted by atomic mass is 32.2. The quantitative estimate of drug-likeness (QED) is 0.479. The number of thioether (sulfide) groups is 1. The van der Waals surface area contributed by atoms with Gasteiger partial charge in [-0.2, -0.15) is 0 Å². The van der Waals surface area contributed by atoms with Gasteiger partial charge in [0.25, 0.3) is 0 Å². The minimum absolute atomic E-state index is 0.0348. The average molecular weight is 328 g/mol. The summed E-state index contributed by atoms with van der Waals surface area (Å²) >= 11 is 1.19. The molecule has 0 fully saturated rings. The molecule has 0 N–H and O–H groups in total. The summed E-state index contributed by atoms with van der Waals surface area (Å²) in [5.41, 5.74) is 2.63. The first-order valence-corrected chi connectivity index (χ1v) is 8.21. The van der Waals surface area contributed by atoms with Crippen LogP contribution in [0.5, 0.6) is 5.75 Å². The fourth-order valence-corrected chi connectivity index (χ4v) is 2.48. The molecule has 118 valence electrons. The van der Waals surface area contributed by atoms with Crippen molar-refractivity contribution in [1.82, 2.24) is 0 Å². The highest BCUT2D eigenvalue weighted by molar-refractivity contribution is 8.13.